The molecule has 6 N–H and O–H groups in total. The molecule has 0 unspecified atom stereocenters. The molecule has 0 heterocycles. The monoisotopic (exact) mass is 753 g/mol. The van der Waals surface area contributed by atoms with Crippen LogP contribution >= 0.6 is 25.3 Å². The van der Waals surface area contributed by atoms with E-state index in [0.717, 1.165) is 88.0 Å². The van der Waals surface area contributed by atoms with Crippen molar-refractivity contribution in [2.45, 2.75) is 51.3 Å². The highest BCUT2D eigenvalue weighted by atomic mass is 32.1. The summed E-state index contributed by atoms with van der Waals surface area (Å²) in [4.78, 5) is 16.0. The Bertz CT molecular complexity index is 1870. The number of para-hydroxylation sites is 2. The second-order valence-corrected chi connectivity index (χ2v) is 13.1. The fourth-order valence-corrected chi connectivity index (χ4v) is 6.15. The molecule has 4 aromatic rings. The molecule has 0 radical (unpaired) electrons. The van der Waals surface area contributed by atoms with Gasteiger partial charge in [-0.3, -0.25) is 21.3 Å². The molecule has 0 aliphatic heterocycles. The van der Waals surface area contributed by atoms with E-state index in [1.54, 1.807) is 0 Å². The number of thiol groups is 2. The lowest BCUT2D eigenvalue weighted by Crippen LogP contribution is -2.28. The molecule has 282 valence electrons. The van der Waals surface area contributed by atoms with Crippen molar-refractivity contribution >= 4 is 82.6 Å². The summed E-state index contributed by atoms with van der Waals surface area (Å²) in [5.74, 6) is 1.47. The van der Waals surface area contributed by atoms with Crippen molar-refractivity contribution in [3.63, 3.8) is 0 Å². The summed E-state index contributed by atoms with van der Waals surface area (Å²) in [6, 6.07) is 28.3. The Morgan fingerprint density at radius 2 is 1.19 bits per heavy atom. The van der Waals surface area contributed by atoms with Crippen molar-refractivity contribution in [2.75, 3.05) is 81.5 Å². The van der Waals surface area contributed by atoms with Crippen LogP contribution in [0.25, 0.3) is 0 Å². The standard InChI is InChI=1S/C40H55N11S2/c1-9-41-28(6)43-40(45-36-27-31(51(12-4)13-5)23-25-37(36)49(8)48-34-19-15-17-21-39(34)53)44-29(7)42-35-26-30(50(10-2)11-3)22-24-32(35)46-47-33-18-14-16-20-38(33)52/h14-27,42,46-48,52-53H,7,9-13H2,1-6,8H3,(H2,41,43,44,45). The number of hydrogen-bond donors (Lipinski definition) is 8. The van der Waals surface area contributed by atoms with Crippen LogP contribution in [-0.4, -0.2) is 51.6 Å². The highest BCUT2D eigenvalue weighted by Crippen LogP contribution is 2.33. The maximum absolute atomic E-state index is 4.92. The van der Waals surface area contributed by atoms with Gasteiger partial charge in [0.2, 0.25) is 5.96 Å². The lowest BCUT2D eigenvalue weighted by molar-refractivity contribution is 0.866. The van der Waals surface area contributed by atoms with Crippen molar-refractivity contribution in [2.24, 2.45) is 9.98 Å². The van der Waals surface area contributed by atoms with Crippen LogP contribution in [0.2, 0.25) is 0 Å². The highest BCUT2D eigenvalue weighted by molar-refractivity contribution is 7.80. The van der Waals surface area contributed by atoms with Gasteiger partial charge in [-0.05, 0) is 102 Å². The summed E-state index contributed by atoms with van der Waals surface area (Å²) >= 11 is 9.25. The van der Waals surface area contributed by atoms with Gasteiger partial charge in [-0.1, -0.05) is 30.8 Å². The summed E-state index contributed by atoms with van der Waals surface area (Å²) in [5.41, 5.74) is 17.3. The highest BCUT2D eigenvalue weighted by Gasteiger charge is 2.16. The second kappa shape index (κ2) is 20.2. The topological polar surface area (TPSA) is 107 Å². The minimum atomic E-state index is 0.360. The fraction of sp³-hybridized carbons (Fsp3) is 0.300. The van der Waals surface area contributed by atoms with Crippen LogP contribution in [0.3, 0.4) is 0 Å². The zero-order valence-electron chi connectivity index (χ0n) is 32.0. The Balaban J connectivity index is 1.73. The number of anilines is 8. The molecule has 53 heavy (non-hydrogen) atoms. The smallest absolute Gasteiger partial charge is 0.230 e. The van der Waals surface area contributed by atoms with E-state index in [4.69, 9.17) is 9.98 Å². The van der Waals surface area contributed by atoms with E-state index in [9.17, 15) is 0 Å². The van der Waals surface area contributed by atoms with Gasteiger partial charge in [-0.25, -0.2) is 4.99 Å². The lowest BCUT2D eigenvalue weighted by Gasteiger charge is -2.28. The van der Waals surface area contributed by atoms with Crippen LogP contribution in [0, 0.1) is 0 Å². The Kier molecular flexibility index (Phi) is 15.5. The molecule has 11 nitrogen and oxygen atoms in total. The lowest BCUT2D eigenvalue weighted by atomic mass is 10.2. The van der Waals surface area contributed by atoms with Crippen LogP contribution in [0.15, 0.2) is 117 Å². The zero-order chi connectivity index (χ0) is 38.3. The average molecular weight is 754 g/mol. The van der Waals surface area contributed by atoms with E-state index in [0.29, 0.717) is 17.6 Å². The minimum absolute atomic E-state index is 0.360. The van der Waals surface area contributed by atoms with Crippen molar-refractivity contribution in [1.82, 2.24) is 5.32 Å². The third-order valence-corrected chi connectivity index (χ3v) is 9.28. The molecule has 0 aromatic heterocycles. The molecule has 0 bridgehead atoms. The summed E-state index contributed by atoms with van der Waals surface area (Å²) < 4.78 is 0. The van der Waals surface area contributed by atoms with Gasteiger partial charge in [0.1, 0.15) is 11.7 Å². The van der Waals surface area contributed by atoms with Gasteiger partial charge in [-0.15, -0.1) is 25.3 Å². The molecule has 0 saturated carbocycles. The Hall–Kier alpha value is -5.14. The normalized spacial score (nSPS) is 11.4. The summed E-state index contributed by atoms with van der Waals surface area (Å²) in [5, 5.41) is 12.3. The first-order valence-corrected chi connectivity index (χ1v) is 19.0. The predicted octanol–water partition coefficient (Wildman–Crippen LogP) is 9.24. The summed E-state index contributed by atoms with van der Waals surface area (Å²) in [7, 11) is 1.97. The van der Waals surface area contributed by atoms with E-state index in [-0.39, 0.29) is 0 Å². The third-order valence-electron chi connectivity index (χ3n) is 8.50. The van der Waals surface area contributed by atoms with E-state index >= 15 is 0 Å². The number of rotatable bonds is 17. The van der Waals surface area contributed by atoms with E-state index in [2.05, 4.69) is 132 Å². The number of hydrogen-bond acceptors (Lipinski definition) is 10. The van der Waals surface area contributed by atoms with Gasteiger partial charge in [0.05, 0.1) is 34.1 Å². The molecule has 4 aromatic carbocycles. The van der Waals surface area contributed by atoms with Crippen molar-refractivity contribution < 1.29 is 0 Å². The van der Waals surface area contributed by atoms with Crippen LogP contribution in [0.5, 0.6) is 0 Å². The maximum atomic E-state index is 4.92. The van der Waals surface area contributed by atoms with Crippen LogP contribution in [0.4, 0.5) is 45.5 Å². The van der Waals surface area contributed by atoms with Crippen molar-refractivity contribution in [3.8, 4) is 0 Å². The molecule has 0 saturated heterocycles. The number of benzene rings is 4. The molecule has 0 fully saturated rings. The van der Waals surface area contributed by atoms with Gasteiger partial charge < -0.3 is 25.8 Å². The zero-order valence-corrected chi connectivity index (χ0v) is 33.7. The Labute approximate surface area is 326 Å². The largest absolute Gasteiger partial charge is 0.374 e. The van der Waals surface area contributed by atoms with Crippen LogP contribution < -0.4 is 47.0 Å². The van der Waals surface area contributed by atoms with Crippen molar-refractivity contribution in [1.29, 1.82) is 0 Å². The molecule has 0 amide bonds. The SMILES string of the molecule is C=C(/N=C(\N=C(/C)NCC)Nc1cc(N(CC)CC)ccc1N(C)Nc1ccccc1S)Nc1cc(N(CC)CC)ccc1NNc1ccccc1S. The van der Waals surface area contributed by atoms with Crippen LogP contribution in [0.1, 0.15) is 41.5 Å². The van der Waals surface area contributed by atoms with Gasteiger partial charge >= 0.3 is 0 Å². The van der Waals surface area contributed by atoms with Gasteiger partial charge in [0.15, 0.2) is 0 Å². The number of guanidine groups is 1. The quantitative estimate of drug-likeness (QED) is 0.0232. The third kappa shape index (κ3) is 11.4. The molecule has 13 heteroatoms. The molecule has 0 spiro atoms. The van der Waals surface area contributed by atoms with Crippen molar-refractivity contribution in [3.05, 3.63) is 97.3 Å². The van der Waals surface area contributed by atoms with Crippen LogP contribution in [-0.2, 0) is 0 Å². The minimum Gasteiger partial charge on any atom is -0.374 e. The molecule has 0 atom stereocenters. The van der Waals surface area contributed by atoms with Gasteiger partial charge in [0, 0.05) is 60.9 Å². The second-order valence-electron chi connectivity index (χ2n) is 12.1. The molecule has 0 aliphatic carbocycles. The van der Waals surface area contributed by atoms with E-state index in [1.165, 1.54) is 0 Å². The molecule has 0 aliphatic rings. The number of amidine groups is 1. The summed E-state index contributed by atoms with van der Waals surface area (Å²) in [6.07, 6.45) is 0. The number of aliphatic imine (C=N–C) groups is 2. The first-order valence-electron chi connectivity index (χ1n) is 18.1. The Morgan fingerprint density at radius 1 is 0.642 bits per heavy atom. The predicted molar refractivity (Wildman–Crippen MR) is 237 cm³/mol. The first-order chi connectivity index (χ1) is 25.6. The Morgan fingerprint density at radius 3 is 1.77 bits per heavy atom. The number of nitrogens with one attached hydrogen (secondary N) is 6. The van der Waals surface area contributed by atoms with E-state index < -0.39 is 0 Å². The van der Waals surface area contributed by atoms with Gasteiger partial charge in [-0.2, -0.15) is 4.99 Å². The number of hydrazine groups is 2. The summed E-state index contributed by atoms with van der Waals surface area (Å²) in [6.45, 7) is 21.1. The number of nitrogens with zero attached hydrogens (tertiary/aromatic N) is 5. The maximum Gasteiger partial charge on any atom is 0.230 e. The fourth-order valence-electron chi connectivity index (χ4n) is 5.72. The molecular formula is C40H55N11S2. The molecule has 4 rings (SSSR count). The van der Waals surface area contributed by atoms with E-state index in [1.807, 2.05) is 80.5 Å². The molecular weight excluding hydrogens is 699 g/mol. The first kappa shape index (κ1) is 40.6. The van der Waals surface area contributed by atoms with Gasteiger partial charge in [0.25, 0.3) is 0 Å². The average Bonchev–Trinajstić information content (AvgIpc) is 3.14.